The Morgan fingerprint density at radius 1 is 0.236 bits per heavy atom. The fourth-order valence-electron chi connectivity index (χ4n) is 16.5. The summed E-state index contributed by atoms with van der Waals surface area (Å²) in [5.74, 6) is 4.54. The van der Waals surface area contributed by atoms with Crippen molar-refractivity contribution < 1.29 is 91.1 Å². The number of aromatic hydroxyl groups is 6. The first kappa shape index (κ1) is 111. The van der Waals surface area contributed by atoms with Crippen LogP contribution in [0.15, 0.2) is 349 Å². The monoisotopic (exact) mass is 2260 g/mol. The molecule has 6 N–H and O–H groups in total. The minimum Gasteiger partial charge on any atom is -0.582 e. The molecule has 0 fully saturated rings. The molecule has 0 atom stereocenters. The van der Waals surface area contributed by atoms with Crippen LogP contribution >= 0.6 is 45.3 Å². The van der Waals surface area contributed by atoms with E-state index >= 15 is 0 Å². The number of thiophene rings is 4. The van der Waals surface area contributed by atoms with Crippen molar-refractivity contribution in [3.63, 3.8) is 0 Å². The van der Waals surface area contributed by atoms with E-state index in [1.165, 1.54) is 44.5 Å². The fraction of sp³-hybridized carbons (Fsp3) is 0.159. The molecule has 18 rings (SSSR count). The summed E-state index contributed by atoms with van der Waals surface area (Å²) in [6.45, 7) is 50.0. The summed E-state index contributed by atoms with van der Waals surface area (Å²) in [5.41, 5.74) is 32.2. The number of benzene rings is 14. The van der Waals surface area contributed by atoms with Crippen LogP contribution in [0.4, 0.5) is 0 Å². The second-order valence-corrected chi connectivity index (χ2v) is 37.7. The Morgan fingerprint density at radius 2 is 0.421 bits per heavy atom. The molecule has 8 nitrogen and oxygen atoms in total. The Labute approximate surface area is 886 Å². The maximum atomic E-state index is 11.4. The molecule has 140 heavy (non-hydrogen) atoms. The van der Waals surface area contributed by atoms with Crippen LogP contribution in [0, 0.1) is 125 Å². The largest absolute Gasteiger partial charge is 4.00 e. The molecular weight excluding hydrogens is 2130 g/mol. The van der Waals surface area contributed by atoms with Gasteiger partial charge in [-0.15, -0.1) is 118 Å². The van der Waals surface area contributed by atoms with Crippen molar-refractivity contribution in [2.75, 3.05) is 26.4 Å². The van der Waals surface area contributed by atoms with E-state index in [1.807, 2.05) is 290 Å². The van der Waals surface area contributed by atoms with Crippen molar-refractivity contribution in [2.45, 2.75) is 109 Å². The van der Waals surface area contributed by atoms with Crippen molar-refractivity contribution in [2.24, 2.45) is 0 Å². The maximum absolute atomic E-state index is 11.4. The molecule has 0 aliphatic heterocycles. The predicted octanol–water partition coefficient (Wildman–Crippen LogP) is 34.9. The number of para-hydroxylation sites is 4. The zero-order chi connectivity index (χ0) is 98.6. The smallest absolute Gasteiger partial charge is 0.582 e. The van der Waals surface area contributed by atoms with E-state index in [1.54, 1.807) is 45.3 Å². The van der Waals surface area contributed by atoms with Gasteiger partial charge < -0.3 is 39.4 Å². The summed E-state index contributed by atoms with van der Waals surface area (Å²) in [6.07, 6.45) is 3.40. The molecule has 0 aliphatic rings. The Morgan fingerprint density at radius 3 is 0.629 bits per heavy atom. The zero-order valence-electron chi connectivity index (χ0n) is 82.5. The van der Waals surface area contributed by atoms with Crippen LogP contribution in [0.2, 0.25) is 0 Å². The Kier molecular flexibility index (Phi) is 44.7. The quantitative estimate of drug-likeness (QED) is 0.0232. The Balaban J connectivity index is 0.000000217. The number of aryl methyl sites for hydroxylation is 12. The topological polar surface area (TPSA) is 125 Å². The van der Waals surface area contributed by atoms with Gasteiger partial charge in [0.25, 0.3) is 11.5 Å². The molecule has 0 amide bonds. The zero-order valence-corrected chi connectivity index (χ0v) is 93.0. The maximum Gasteiger partial charge on any atom is 4.00 e. The molecular formula is C126H128Hf2O8S4. The van der Waals surface area contributed by atoms with Gasteiger partial charge in [0, 0.05) is 106 Å². The normalized spacial score (nSPS) is 10.3. The minimum atomic E-state index is 0. The average molecular weight is 2260 g/mol. The summed E-state index contributed by atoms with van der Waals surface area (Å²) < 4.78 is 22.4. The molecule has 0 spiro atoms. The summed E-state index contributed by atoms with van der Waals surface area (Å²) in [6, 6.07) is 109. The third kappa shape index (κ3) is 32.1. The van der Waals surface area contributed by atoms with Crippen molar-refractivity contribution in [3.05, 3.63) is 491 Å². The molecule has 0 unspecified atom stereocenters. The Bertz CT molecular complexity index is 5860. The molecule has 18 aromatic rings. The van der Waals surface area contributed by atoms with Crippen LogP contribution in [0.5, 0.6) is 46.0 Å². The van der Waals surface area contributed by atoms with Gasteiger partial charge in [-0.05, 0) is 199 Å². The third-order valence-corrected chi connectivity index (χ3v) is 26.7. The van der Waals surface area contributed by atoms with E-state index in [-0.39, 0.29) is 51.7 Å². The molecule has 0 saturated heterocycles. The van der Waals surface area contributed by atoms with E-state index in [9.17, 15) is 20.4 Å². The number of hydrogen-bond acceptors (Lipinski definition) is 10. The van der Waals surface area contributed by atoms with Gasteiger partial charge in [-0.2, -0.15) is 148 Å². The van der Waals surface area contributed by atoms with E-state index < -0.39 is 0 Å². The van der Waals surface area contributed by atoms with Crippen LogP contribution in [0.3, 0.4) is 0 Å². The van der Waals surface area contributed by atoms with Crippen molar-refractivity contribution in [1.82, 2.24) is 0 Å². The molecule has 0 bridgehead atoms. The van der Waals surface area contributed by atoms with Gasteiger partial charge in [0.15, 0.2) is 13.2 Å². The van der Waals surface area contributed by atoms with Crippen LogP contribution in [-0.2, 0) is 51.7 Å². The van der Waals surface area contributed by atoms with Crippen molar-refractivity contribution >= 4 is 45.3 Å². The standard InChI is InChI=1S/2C42H42O4S2.6C7H7.2Hf/c2*1-25-19-27(3)37(28(4)20-25)33-23-47-41(39(33)43)31-13-7-9-15-35(31)45-17-11-12-18-46-36-16-10-8-14-32(36)42-40(44)34(24-48-42)38-29(5)21-26(2)22-30(38)6;6*1-7-5-3-2-4-6-7;;/h2*7-10,13-16,19-24,43-44H,11-12,17-18H2,1-6H3;6*2-6H,1H2;;/q;;6*-1;;+4/p+2. The molecule has 4 aromatic heterocycles. The van der Waals surface area contributed by atoms with E-state index in [2.05, 4.69) is 184 Å². The average Bonchev–Trinajstić information content (AvgIpc) is 1.69. The third-order valence-electron chi connectivity index (χ3n) is 22.6. The molecule has 14 heteroatoms. The Hall–Kier alpha value is -12.8. The van der Waals surface area contributed by atoms with Crippen LogP contribution < -0.4 is 9.47 Å². The number of aliphatic hydroxyl groups is 2. The second-order valence-electron chi connectivity index (χ2n) is 34.2. The van der Waals surface area contributed by atoms with Crippen molar-refractivity contribution in [1.29, 1.82) is 0 Å². The first-order chi connectivity index (χ1) is 66.6. The van der Waals surface area contributed by atoms with E-state index in [4.69, 9.17) is 18.9 Å². The number of unbranched alkanes of at least 4 members (excludes halogenated alkanes) is 2. The van der Waals surface area contributed by atoms with Gasteiger partial charge in [-0.1, -0.05) is 156 Å². The van der Waals surface area contributed by atoms with Gasteiger partial charge in [0.05, 0.1) is 43.8 Å². The molecule has 4 heterocycles. The van der Waals surface area contributed by atoms with E-state index in [0.717, 1.165) is 191 Å². The first-order valence-electron chi connectivity index (χ1n) is 46.4. The van der Waals surface area contributed by atoms with Gasteiger partial charge >= 0.3 is 25.8 Å². The summed E-state index contributed by atoms with van der Waals surface area (Å²) in [7, 11) is 0. The number of ether oxygens (including phenoxy) is 4. The summed E-state index contributed by atoms with van der Waals surface area (Å²) in [4.78, 5) is 3.33. The number of hydrogen-bond donors (Lipinski definition) is 4. The van der Waals surface area contributed by atoms with Gasteiger partial charge in [0.2, 0.25) is 0 Å². The van der Waals surface area contributed by atoms with Crippen LogP contribution in [-0.4, -0.2) is 56.3 Å². The fourth-order valence-corrected chi connectivity index (χ4v) is 20.5. The summed E-state index contributed by atoms with van der Waals surface area (Å²) >= 11 is 6.21. The van der Waals surface area contributed by atoms with Gasteiger partial charge in [0.1, 0.15) is 34.5 Å². The van der Waals surface area contributed by atoms with E-state index in [0.29, 0.717) is 49.4 Å². The van der Waals surface area contributed by atoms with Gasteiger partial charge in [-0.3, -0.25) is 0 Å². The summed E-state index contributed by atoms with van der Waals surface area (Å²) in [5, 5.41) is 53.7. The second kappa shape index (κ2) is 56.5. The minimum absolute atomic E-state index is 0. The van der Waals surface area contributed by atoms with Crippen molar-refractivity contribution in [3.8, 4) is 132 Å². The predicted molar refractivity (Wildman–Crippen MR) is 592 cm³/mol. The molecule has 0 saturated carbocycles. The van der Waals surface area contributed by atoms with Crippen LogP contribution in [0.1, 0.15) is 126 Å². The molecule has 712 valence electrons. The molecule has 14 aromatic carbocycles. The molecule has 0 aliphatic carbocycles. The van der Waals surface area contributed by atoms with Crippen LogP contribution in [0.25, 0.3) is 86.3 Å². The van der Waals surface area contributed by atoms with Gasteiger partial charge in [-0.25, -0.2) is 0 Å². The number of rotatable bonds is 22. The molecule has 0 radical (unpaired) electrons. The first-order valence-corrected chi connectivity index (χ1v) is 49.9. The SMILES string of the molecule is Cc1cc(C)c(-c2csc(-c3ccccc3OCCCCOc3ccccc3-c3scc(-c4c(C)cc(C)cc4C)c3O)c2O)c(C)c1.Cc1cc(C)c(-c2csc(-c3ccccc3[OH+]CCCC[OH+]c3ccccc3-c3scc(-c4c(C)cc(C)cc4C)c3O)c2O)c(C)c1.[CH2-]c1ccccc1.[CH2-]c1ccccc1.[CH2-]c1ccccc1.[CH2-]c1ccccc1.[CH2-]c1ccccc1.[CH2-]c1ccccc1.[Hf+4].[Hf].